The Morgan fingerprint density at radius 3 is 2.60 bits per heavy atom. The van der Waals surface area contributed by atoms with Gasteiger partial charge < -0.3 is 14.9 Å². The minimum Gasteiger partial charge on any atom is -0.361 e. The molecule has 0 radical (unpaired) electrons. The highest BCUT2D eigenvalue weighted by molar-refractivity contribution is 6.36. The van der Waals surface area contributed by atoms with Crippen molar-refractivity contribution < 1.29 is 0 Å². The normalized spacial score (nSPS) is 12.3. The number of hydrogen-bond donors (Lipinski definition) is 2. The summed E-state index contributed by atoms with van der Waals surface area (Å²) in [5.41, 5.74) is 4.06. The molecule has 0 bridgehead atoms. The first-order chi connectivity index (χ1) is 20.4. The molecule has 3 aromatic carbocycles. The van der Waals surface area contributed by atoms with Crippen LogP contribution in [0.15, 0.2) is 107 Å². The number of benzene rings is 3. The van der Waals surface area contributed by atoms with Gasteiger partial charge in [0.25, 0.3) is 5.56 Å². The van der Waals surface area contributed by atoms with Crippen LogP contribution in [-0.2, 0) is 7.05 Å². The molecule has 8 nitrogen and oxygen atoms in total. The molecule has 4 aromatic heterocycles. The summed E-state index contributed by atoms with van der Waals surface area (Å²) in [7, 11) is 2.01. The molecule has 7 aromatic rings. The molecule has 206 valence electrons. The second-order valence-corrected chi connectivity index (χ2v) is 10.6. The van der Waals surface area contributed by atoms with Gasteiger partial charge in [-0.15, -0.1) is 0 Å². The maximum absolute atomic E-state index is 14.6. The van der Waals surface area contributed by atoms with Crippen LogP contribution in [0.3, 0.4) is 0 Å². The number of aromatic nitrogens is 5. The van der Waals surface area contributed by atoms with Gasteiger partial charge in [0.05, 0.1) is 22.1 Å². The van der Waals surface area contributed by atoms with E-state index in [1.165, 1.54) is 12.4 Å². The van der Waals surface area contributed by atoms with E-state index in [9.17, 15) is 9.59 Å². The van der Waals surface area contributed by atoms with Crippen LogP contribution in [0.2, 0.25) is 5.02 Å². The van der Waals surface area contributed by atoms with Gasteiger partial charge in [-0.05, 0) is 48.4 Å². The third-order valence-corrected chi connectivity index (χ3v) is 8.10. The van der Waals surface area contributed by atoms with Crippen LogP contribution in [0.4, 0.5) is 5.82 Å². The summed E-state index contributed by atoms with van der Waals surface area (Å²) in [6.45, 7) is 1.89. The van der Waals surface area contributed by atoms with Gasteiger partial charge in [-0.25, -0.2) is 9.97 Å². The van der Waals surface area contributed by atoms with Gasteiger partial charge in [-0.1, -0.05) is 54.1 Å². The molecule has 9 heteroatoms. The average molecular weight is 573 g/mol. The first-order valence-corrected chi connectivity index (χ1v) is 13.9. The quantitative estimate of drug-likeness (QED) is 0.242. The Labute approximate surface area is 244 Å². The van der Waals surface area contributed by atoms with E-state index in [0.29, 0.717) is 44.0 Å². The smallest absolute Gasteiger partial charge is 0.263 e. The van der Waals surface area contributed by atoms with E-state index in [-0.39, 0.29) is 11.0 Å². The molecule has 0 saturated heterocycles. The van der Waals surface area contributed by atoms with Crippen molar-refractivity contribution >= 4 is 50.1 Å². The number of halogens is 1. The van der Waals surface area contributed by atoms with Crippen molar-refractivity contribution in [1.82, 2.24) is 24.1 Å². The minimum absolute atomic E-state index is 0.196. The van der Waals surface area contributed by atoms with E-state index in [4.69, 9.17) is 11.6 Å². The summed E-state index contributed by atoms with van der Waals surface area (Å²) in [6.07, 6.45) is 4.95. The highest BCUT2D eigenvalue weighted by Crippen LogP contribution is 2.37. The SMILES string of the molecule is C[C@H](Nc1ncnc2[nH]ccc(=O)c12)c1c(Cl)c2cccc(-c3ccc4c(ccn4C)c3)c2c(=O)n1-c1ccccc1. The molecule has 7 rings (SSSR count). The van der Waals surface area contributed by atoms with Crippen molar-refractivity contribution in [2.75, 3.05) is 5.32 Å². The number of fused-ring (bicyclic) bond motifs is 3. The van der Waals surface area contributed by atoms with Crippen LogP contribution in [0, 0.1) is 0 Å². The highest BCUT2D eigenvalue weighted by atomic mass is 35.5. The Bertz CT molecular complexity index is 2260. The molecule has 0 aliphatic heterocycles. The number of anilines is 1. The Morgan fingerprint density at radius 1 is 0.929 bits per heavy atom. The Balaban J connectivity index is 1.48. The van der Waals surface area contributed by atoms with Crippen LogP contribution in [0.1, 0.15) is 18.7 Å². The molecule has 0 saturated carbocycles. The number of para-hydroxylation sites is 1. The van der Waals surface area contributed by atoms with Crippen molar-refractivity contribution in [3.05, 3.63) is 129 Å². The summed E-state index contributed by atoms with van der Waals surface area (Å²) in [5, 5.41) is 6.36. The predicted octanol–water partition coefficient (Wildman–Crippen LogP) is 6.61. The summed E-state index contributed by atoms with van der Waals surface area (Å²) in [6, 6.07) is 24.4. The number of pyridine rings is 2. The highest BCUT2D eigenvalue weighted by Gasteiger charge is 2.24. The van der Waals surface area contributed by atoms with Crippen molar-refractivity contribution in [3.63, 3.8) is 0 Å². The Kier molecular flexibility index (Phi) is 6.13. The van der Waals surface area contributed by atoms with E-state index >= 15 is 0 Å². The number of hydrogen-bond acceptors (Lipinski definition) is 5. The standard InChI is InChI=1S/C33H25ClN6O2/c1-19(38-32-28-26(41)13-15-35-31(28)36-18-37-32)30-29(34)24-10-6-9-23(20-11-12-25-21(17-20)14-16-39(25)2)27(24)33(42)40(30)22-7-4-3-5-8-22/h3-19H,1-2H3,(H2,35,36,37,38,41)/t19-/m0/s1. The van der Waals surface area contributed by atoms with Gasteiger partial charge in [0.1, 0.15) is 23.2 Å². The lowest BCUT2D eigenvalue weighted by Crippen LogP contribution is -2.27. The molecule has 0 spiro atoms. The Hall–Kier alpha value is -5.21. The van der Waals surface area contributed by atoms with Gasteiger partial charge in [-0.3, -0.25) is 14.2 Å². The second kappa shape index (κ2) is 10.0. The molecule has 0 aliphatic rings. The first-order valence-electron chi connectivity index (χ1n) is 13.5. The number of aromatic amines is 1. The lowest BCUT2D eigenvalue weighted by atomic mass is 9.97. The van der Waals surface area contributed by atoms with Gasteiger partial charge in [0, 0.05) is 47.5 Å². The predicted molar refractivity (Wildman–Crippen MR) is 169 cm³/mol. The molecule has 42 heavy (non-hydrogen) atoms. The van der Waals surface area contributed by atoms with Gasteiger partial charge in [-0.2, -0.15) is 0 Å². The monoisotopic (exact) mass is 572 g/mol. The van der Waals surface area contributed by atoms with Crippen LogP contribution in [-0.4, -0.2) is 24.1 Å². The van der Waals surface area contributed by atoms with Crippen LogP contribution < -0.4 is 16.3 Å². The zero-order valence-electron chi connectivity index (χ0n) is 22.8. The maximum atomic E-state index is 14.6. The van der Waals surface area contributed by atoms with Crippen molar-refractivity contribution in [1.29, 1.82) is 0 Å². The third kappa shape index (κ3) is 4.07. The van der Waals surface area contributed by atoms with Crippen molar-refractivity contribution in [2.24, 2.45) is 7.05 Å². The van der Waals surface area contributed by atoms with E-state index in [1.54, 1.807) is 10.8 Å². The summed E-state index contributed by atoms with van der Waals surface area (Å²) in [4.78, 5) is 38.8. The molecule has 1 atom stereocenters. The zero-order chi connectivity index (χ0) is 29.0. The number of nitrogens with zero attached hydrogens (tertiary/aromatic N) is 4. The van der Waals surface area contributed by atoms with E-state index < -0.39 is 6.04 Å². The summed E-state index contributed by atoms with van der Waals surface area (Å²) >= 11 is 7.23. The number of nitrogens with one attached hydrogen (secondary N) is 2. The van der Waals surface area contributed by atoms with Gasteiger partial charge >= 0.3 is 0 Å². The number of rotatable bonds is 5. The molecule has 4 heterocycles. The topological polar surface area (TPSA) is 97.6 Å². The fraction of sp³-hybridized carbons (Fsp3) is 0.0909. The van der Waals surface area contributed by atoms with Crippen molar-refractivity contribution in [2.45, 2.75) is 13.0 Å². The Morgan fingerprint density at radius 2 is 1.76 bits per heavy atom. The second-order valence-electron chi connectivity index (χ2n) is 10.3. The van der Waals surface area contributed by atoms with Crippen LogP contribution in [0.5, 0.6) is 0 Å². The van der Waals surface area contributed by atoms with Crippen LogP contribution >= 0.6 is 11.6 Å². The van der Waals surface area contributed by atoms with Crippen LogP contribution in [0.25, 0.3) is 49.5 Å². The number of H-pyrrole nitrogens is 1. The fourth-order valence-electron chi connectivity index (χ4n) is 5.72. The lowest BCUT2D eigenvalue weighted by Gasteiger charge is -2.24. The summed E-state index contributed by atoms with van der Waals surface area (Å²) in [5.74, 6) is 0.350. The molecule has 0 aliphatic carbocycles. The van der Waals surface area contributed by atoms with E-state index in [0.717, 1.165) is 22.0 Å². The van der Waals surface area contributed by atoms with Gasteiger partial charge in [0.15, 0.2) is 5.43 Å². The van der Waals surface area contributed by atoms with Crippen molar-refractivity contribution in [3.8, 4) is 16.8 Å². The van der Waals surface area contributed by atoms with E-state index in [1.807, 2.05) is 74.8 Å². The minimum atomic E-state index is -0.517. The third-order valence-electron chi connectivity index (χ3n) is 7.71. The average Bonchev–Trinajstić information content (AvgIpc) is 3.38. The maximum Gasteiger partial charge on any atom is 0.263 e. The lowest BCUT2D eigenvalue weighted by molar-refractivity contribution is 0.774. The molecule has 0 amide bonds. The molecular formula is C33H25ClN6O2. The van der Waals surface area contributed by atoms with E-state index in [2.05, 4.69) is 43.0 Å². The largest absolute Gasteiger partial charge is 0.361 e. The number of aryl methyl sites for hydroxylation is 1. The molecule has 0 fully saturated rings. The molecule has 2 N–H and O–H groups in total. The molecule has 0 unspecified atom stereocenters. The fourth-order valence-corrected chi connectivity index (χ4v) is 6.13. The zero-order valence-corrected chi connectivity index (χ0v) is 23.6. The molecular weight excluding hydrogens is 548 g/mol. The first kappa shape index (κ1) is 25.7. The van der Waals surface area contributed by atoms with Gasteiger partial charge in [0.2, 0.25) is 0 Å². The summed E-state index contributed by atoms with van der Waals surface area (Å²) < 4.78 is 3.72.